The number of nitrogens with zero attached hydrogens (tertiary/aromatic N) is 2. The summed E-state index contributed by atoms with van der Waals surface area (Å²) in [6.45, 7) is 2.05. The fourth-order valence-electron chi connectivity index (χ4n) is 2.45. The lowest BCUT2D eigenvalue weighted by atomic mass is 9.85. The first-order valence-corrected chi connectivity index (χ1v) is 6.57. The van der Waals surface area contributed by atoms with Gasteiger partial charge < -0.3 is 10.4 Å². The van der Waals surface area contributed by atoms with Crippen molar-refractivity contribution in [3.8, 4) is 0 Å². The minimum atomic E-state index is -0.709. The molecule has 0 saturated heterocycles. The first-order chi connectivity index (χ1) is 9.00. The Morgan fingerprint density at radius 2 is 2.16 bits per heavy atom. The van der Waals surface area contributed by atoms with Gasteiger partial charge in [-0.15, -0.1) is 0 Å². The van der Waals surface area contributed by atoms with Crippen molar-refractivity contribution >= 4 is 11.5 Å². The van der Waals surface area contributed by atoms with Crippen LogP contribution in [0.3, 0.4) is 0 Å². The molecule has 104 valence electrons. The number of nitrogens with one attached hydrogen (secondary N) is 1. The third-order valence-corrected chi connectivity index (χ3v) is 3.65. The molecule has 1 saturated carbocycles. The van der Waals surface area contributed by atoms with Gasteiger partial charge in [0.25, 0.3) is 5.69 Å². The fraction of sp³-hybridized carbons (Fsp3) is 0.615. The summed E-state index contributed by atoms with van der Waals surface area (Å²) in [6.07, 6.45) is 6.24. The van der Waals surface area contributed by atoms with E-state index in [0.29, 0.717) is 17.9 Å². The number of nitro groups is 1. The van der Waals surface area contributed by atoms with E-state index >= 15 is 0 Å². The summed E-state index contributed by atoms with van der Waals surface area (Å²) in [6, 6.07) is 1.42. The highest BCUT2D eigenvalue weighted by molar-refractivity contribution is 5.49. The monoisotopic (exact) mass is 265 g/mol. The van der Waals surface area contributed by atoms with E-state index < -0.39 is 10.5 Å². The maximum atomic E-state index is 10.8. The molecule has 1 heterocycles. The minimum absolute atomic E-state index is 0.0492. The van der Waals surface area contributed by atoms with Gasteiger partial charge in [0.05, 0.1) is 16.6 Å². The molecule has 1 aromatic heterocycles. The lowest BCUT2D eigenvalue weighted by Crippen LogP contribution is -2.38. The zero-order valence-electron chi connectivity index (χ0n) is 11.1. The van der Waals surface area contributed by atoms with Crippen LogP contribution in [0.2, 0.25) is 0 Å². The summed E-state index contributed by atoms with van der Waals surface area (Å²) in [4.78, 5) is 14.5. The molecule has 6 nitrogen and oxygen atoms in total. The van der Waals surface area contributed by atoms with E-state index in [2.05, 4.69) is 10.3 Å². The third kappa shape index (κ3) is 3.41. The highest BCUT2D eigenvalue weighted by Crippen LogP contribution is 2.28. The molecule has 1 aliphatic rings. The van der Waals surface area contributed by atoms with Crippen molar-refractivity contribution in [1.82, 2.24) is 4.98 Å². The van der Waals surface area contributed by atoms with Crippen LogP contribution in [-0.2, 0) is 0 Å². The number of pyridine rings is 1. The van der Waals surface area contributed by atoms with Crippen LogP contribution < -0.4 is 5.32 Å². The Morgan fingerprint density at radius 1 is 1.47 bits per heavy atom. The molecule has 0 aromatic carbocycles. The van der Waals surface area contributed by atoms with Gasteiger partial charge >= 0.3 is 0 Å². The average Bonchev–Trinajstić information content (AvgIpc) is 2.38. The molecular weight excluding hydrogens is 246 g/mol. The van der Waals surface area contributed by atoms with Crippen LogP contribution in [0.25, 0.3) is 0 Å². The number of rotatable bonds is 4. The molecule has 0 amide bonds. The van der Waals surface area contributed by atoms with Crippen LogP contribution in [0.4, 0.5) is 11.5 Å². The van der Waals surface area contributed by atoms with Crippen LogP contribution in [-0.4, -0.2) is 27.2 Å². The topological polar surface area (TPSA) is 88.3 Å². The number of hydrogen-bond donors (Lipinski definition) is 2. The minimum Gasteiger partial charge on any atom is -0.388 e. The number of anilines is 1. The molecule has 0 aliphatic heterocycles. The summed E-state index contributed by atoms with van der Waals surface area (Å²) in [5.74, 6) is 0.441. The summed E-state index contributed by atoms with van der Waals surface area (Å²) in [7, 11) is 0. The first-order valence-electron chi connectivity index (χ1n) is 6.57. The van der Waals surface area contributed by atoms with Crippen LogP contribution >= 0.6 is 0 Å². The van der Waals surface area contributed by atoms with Crippen LogP contribution in [0.5, 0.6) is 0 Å². The Morgan fingerprint density at radius 3 is 2.79 bits per heavy atom. The van der Waals surface area contributed by atoms with E-state index in [1.165, 1.54) is 12.3 Å². The molecular formula is C13H19N3O3. The van der Waals surface area contributed by atoms with Crippen molar-refractivity contribution in [1.29, 1.82) is 0 Å². The van der Waals surface area contributed by atoms with Gasteiger partial charge in [0, 0.05) is 18.3 Å². The van der Waals surface area contributed by atoms with E-state index in [1.54, 1.807) is 6.92 Å². The molecule has 2 N–H and O–H groups in total. The second kappa shape index (κ2) is 5.52. The Kier molecular flexibility index (Phi) is 3.99. The highest BCUT2D eigenvalue weighted by Gasteiger charge is 2.29. The molecule has 1 aliphatic carbocycles. The van der Waals surface area contributed by atoms with Crippen LogP contribution in [0, 0.1) is 17.0 Å². The van der Waals surface area contributed by atoms with Gasteiger partial charge in [-0.1, -0.05) is 19.3 Å². The smallest absolute Gasteiger partial charge is 0.277 e. The predicted octanol–water partition coefficient (Wildman–Crippen LogP) is 2.41. The standard InChI is InChI=1S/C13H19N3O3/c1-10-8-14-12(7-11(10)16(18)19)15-9-13(17)5-3-2-4-6-13/h7-8,17H,2-6,9H2,1H3,(H,14,15). The van der Waals surface area contributed by atoms with E-state index in [-0.39, 0.29) is 5.69 Å². The zero-order valence-corrected chi connectivity index (χ0v) is 11.1. The molecule has 1 fully saturated rings. The molecule has 0 unspecified atom stereocenters. The van der Waals surface area contributed by atoms with Gasteiger partial charge in [-0.2, -0.15) is 0 Å². The van der Waals surface area contributed by atoms with Crippen molar-refractivity contribution in [2.24, 2.45) is 0 Å². The summed E-state index contributed by atoms with van der Waals surface area (Å²) in [5.41, 5.74) is -0.125. The first kappa shape index (κ1) is 13.7. The van der Waals surface area contributed by atoms with Gasteiger partial charge in [-0.05, 0) is 19.8 Å². The molecule has 0 atom stereocenters. The number of aryl methyl sites for hydroxylation is 1. The molecule has 0 spiro atoms. The zero-order chi connectivity index (χ0) is 13.9. The van der Waals surface area contributed by atoms with Gasteiger partial charge in [0.1, 0.15) is 5.82 Å². The summed E-state index contributed by atoms with van der Waals surface area (Å²) >= 11 is 0. The van der Waals surface area contributed by atoms with Gasteiger partial charge in [-0.25, -0.2) is 4.98 Å². The molecule has 0 radical (unpaired) electrons. The van der Waals surface area contributed by atoms with Gasteiger partial charge in [0.2, 0.25) is 0 Å². The van der Waals surface area contributed by atoms with Crippen molar-refractivity contribution in [2.45, 2.75) is 44.6 Å². The highest BCUT2D eigenvalue weighted by atomic mass is 16.6. The Labute approximate surface area is 112 Å². The van der Waals surface area contributed by atoms with E-state index in [9.17, 15) is 15.2 Å². The maximum absolute atomic E-state index is 10.8. The lowest BCUT2D eigenvalue weighted by molar-refractivity contribution is -0.385. The molecule has 1 aromatic rings. The van der Waals surface area contributed by atoms with E-state index in [4.69, 9.17) is 0 Å². The average molecular weight is 265 g/mol. The summed E-state index contributed by atoms with van der Waals surface area (Å²) < 4.78 is 0. The largest absolute Gasteiger partial charge is 0.388 e. The van der Waals surface area contributed by atoms with E-state index in [0.717, 1.165) is 32.1 Å². The van der Waals surface area contributed by atoms with Crippen LogP contribution in [0.1, 0.15) is 37.7 Å². The van der Waals surface area contributed by atoms with Crippen LogP contribution in [0.15, 0.2) is 12.3 Å². The summed E-state index contributed by atoms with van der Waals surface area (Å²) in [5, 5.41) is 24.2. The normalized spacial score (nSPS) is 18.0. The third-order valence-electron chi connectivity index (χ3n) is 3.65. The Balaban J connectivity index is 2.03. The Hall–Kier alpha value is -1.69. The van der Waals surface area contributed by atoms with E-state index in [1.807, 2.05) is 0 Å². The second-order valence-electron chi connectivity index (χ2n) is 5.25. The van der Waals surface area contributed by atoms with Gasteiger partial charge in [0.15, 0.2) is 0 Å². The second-order valence-corrected chi connectivity index (χ2v) is 5.25. The molecule has 2 rings (SSSR count). The van der Waals surface area contributed by atoms with Crippen molar-refractivity contribution in [2.75, 3.05) is 11.9 Å². The molecule has 19 heavy (non-hydrogen) atoms. The SMILES string of the molecule is Cc1cnc(NCC2(O)CCCCC2)cc1[N+](=O)[O-]. The van der Waals surface area contributed by atoms with Crippen molar-refractivity contribution in [3.63, 3.8) is 0 Å². The fourth-order valence-corrected chi connectivity index (χ4v) is 2.45. The maximum Gasteiger partial charge on any atom is 0.277 e. The Bertz CT molecular complexity index is 470. The molecule has 0 bridgehead atoms. The number of aliphatic hydroxyl groups is 1. The number of hydrogen-bond acceptors (Lipinski definition) is 5. The van der Waals surface area contributed by atoms with Crippen molar-refractivity contribution < 1.29 is 10.0 Å². The lowest BCUT2D eigenvalue weighted by Gasteiger charge is -2.32. The quantitative estimate of drug-likeness (QED) is 0.644. The van der Waals surface area contributed by atoms with Gasteiger partial charge in [-0.3, -0.25) is 10.1 Å². The predicted molar refractivity (Wildman–Crippen MR) is 72.2 cm³/mol. The number of aromatic nitrogens is 1. The molecule has 6 heteroatoms. The van der Waals surface area contributed by atoms with Crippen molar-refractivity contribution in [3.05, 3.63) is 27.9 Å².